The van der Waals surface area contributed by atoms with Crippen molar-refractivity contribution in [2.24, 2.45) is 17.8 Å². The van der Waals surface area contributed by atoms with Crippen molar-refractivity contribution >= 4 is 17.5 Å². The van der Waals surface area contributed by atoms with E-state index >= 15 is 0 Å². The third-order valence-corrected chi connectivity index (χ3v) is 4.97. The van der Waals surface area contributed by atoms with E-state index in [0.717, 1.165) is 12.8 Å². The zero-order valence-electron chi connectivity index (χ0n) is 8.97. The summed E-state index contributed by atoms with van der Waals surface area (Å²) in [5.74, 6) is 2.65. The fourth-order valence-corrected chi connectivity index (χ4v) is 3.50. The Bertz CT molecular complexity index is 275. The summed E-state index contributed by atoms with van der Waals surface area (Å²) in [6.45, 7) is 0. The van der Waals surface area contributed by atoms with Gasteiger partial charge in [0.25, 0.3) is 0 Å². The maximum atomic E-state index is 12.0. The third-order valence-electron chi connectivity index (χ3n) is 4.46. The molecule has 15 heavy (non-hydrogen) atoms. The molecule has 1 N–H and O–H groups in total. The summed E-state index contributed by atoms with van der Waals surface area (Å²) in [5.41, 5.74) is -0.00954. The van der Waals surface area contributed by atoms with Gasteiger partial charge in [-0.05, 0) is 37.5 Å². The molecule has 1 amide bonds. The van der Waals surface area contributed by atoms with Gasteiger partial charge in [-0.2, -0.15) is 0 Å². The Kier molecular flexibility index (Phi) is 2.24. The van der Waals surface area contributed by atoms with E-state index in [9.17, 15) is 4.79 Å². The van der Waals surface area contributed by atoms with Crippen LogP contribution < -0.4 is 5.32 Å². The minimum atomic E-state index is -0.00954. The monoisotopic (exact) mass is 227 g/mol. The van der Waals surface area contributed by atoms with Crippen LogP contribution in [0.25, 0.3) is 0 Å². The second-order valence-corrected chi connectivity index (χ2v) is 5.81. The molecule has 3 aliphatic carbocycles. The molecular weight excluding hydrogens is 210 g/mol. The first-order valence-electron chi connectivity index (χ1n) is 6.14. The number of fused-ring (bicyclic) bond motifs is 1. The van der Waals surface area contributed by atoms with Gasteiger partial charge in [0.15, 0.2) is 0 Å². The quantitative estimate of drug-likeness (QED) is 0.737. The SMILES string of the molecule is O=C(NC1(CCl)CC1)C1C2CCCCC21. The number of halogens is 1. The van der Waals surface area contributed by atoms with Gasteiger partial charge in [0.05, 0.1) is 5.54 Å². The van der Waals surface area contributed by atoms with Crippen molar-refractivity contribution < 1.29 is 4.79 Å². The van der Waals surface area contributed by atoms with E-state index in [1.807, 2.05) is 0 Å². The normalized spacial score (nSPS) is 40.5. The summed E-state index contributed by atoms with van der Waals surface area (Å²) in [6.07, 6.45) is 7.35. The molecule has 3 rings (SSSR count). The van der Waals surface area contributed by atoms with E-state index in [1.165, 1.54) is 25.7 Å². The highest BCUT2D eigenvalue weighted by molar-refractivity contribution is 6.19. The second-order valence-electron chi connectivity index (χ2n) is 5.54. The molecule has 84 valence electrons. The third kappa shape index (κ3) is 1.67. The van der Waals surface area contributed by atoms with Crippen LogP contribution in [0, 0.1) is 17.8 Å². The van der Waals surface area contributed by atoms with Gasteiger partial charge in [0, 0.05) is 11.8 Å². The largest absolute Gasteiger partial charge is 0.349 e. The van der Waals surface area contributed by atoms with Crippen LogP contribution in [0.4, 0.5) is 0 Å². The Labute approximate surface area is 95.8 Å². The molecule has 0 spiro atoms. The molecule has 0 aromatic carbocycles. The molecule has 2 atom stereocenters. The Morgan fingerprint density at radius 3 is 2.33 bits per heavy atom. The Balaban J connectivity index is 1.57. The molecule has 3 saturated carbocycles. The molecule has 0 radical (unpaired) electrons. The van der Waals surface area contributed by atoms with Crippen LogP contribution >= 0.6 is 11.6 Å². The van der Waals surface area contributed by atoms with E-state index in [1.54, 1.807) is 0 Å². The molecule has 0 heterocycles. The molecule has 0 aromatic heterocycles. The topological polar surface area (TPSA) is 29.1 Å². The summed E-state index contributed by atoms with van der Waals surface area (Å²) >= 11 is 5.86. The summed E-state index contributed by atoms with van der Waals surface area (Å²) in [6, 6.07) is 0. The first kappa shape index (κ1) is 9.95. The number of rotatable bonds is 3. The van der Waals surface area contributed by atoms with Gasteiger partial charge in [0.2, 0.25) is 5.91 Å². The average molecular weight is 228 g/mol. The molecule has 2 nitrogen and oxygen atoms in total. The van der Waals surface area contributed by atoms with Gasteiger partial charge in [-0.15, -0.1) is 11.6 Å². The summed E-state index contributed by atoms with van der Waals surface area (Å²) in [4.78, 5) is 12.0. The standard InChI is InChI=1S/C12H18ClNO/c13-7-12(5-6-12)14-11(15)10-8-3-1-2-4-9(8)10/h8-10H,1-7H2,(H,14,15). The summed E-state index contributed by atoms with van der Waals surface area (Å²) in [7, 11) is 0. The van der Waals surface area contributed by atoms with Gasteiger partial charge in [0.1, 0.15) is 0 Å². The van der Waals surface area contributed by atoms with Crippen LogP contribution in [0.15, 0.2) is 0 Å². The fourth-order valence-electron chi connectivity index (χ4n) is 3.17. The van der Waals surface area contributed by atoms with Crippen LogP contribution in [-0.2, 0) is 4.79 Å². The Morgan fingerprint density at radius 1 is 1.27 bits per heavy atom. The molecule has 3 heteroatoms. The minimum Gasteiger partial charge on any atom is -0.349 e. The molecular formula is C12H18ClNO. The van der Waals surface area contributed by atoms with Crippen molar-refractivity contribution in [2.45, 2.75) is 44.1 Å². The number of hydrogen-bond acceptors (Lipinski definition) is 1. The Hall–Kier alpha value is -0.240. The summed E-state index contributed by atoms with van der Waals surface area (Å²) < 4.78 is 0. The van der Waals surface area contributed by atoms with Crippen LogP contribution in [-0.4, -0.2) is 17.3 Å². The zero-order chi connectivity index (χ0) is 10.5. The second kappa shape index (κ2) is 3.38. The van der Waals surface area contributed by atoms with Gasteiger partial charge >= 0.3 is 0 Å². The van der Waals surface area contributed by atoms with Crippen LogP contribution in [0.1, 0.15) is 38.5 Å². The smallest absolute Gasteiger partial charge is 0.224 e. The lowest BCUT2D eigenvalue weighted by Crippen LogP contribution is -2.39. The highest BCUT2D eigenvalue weighted by Gasteiger charge is 2.56. The molecule has 0 aliphatic heterocycles. The van der Waals surface area contributed by atoms with E-state index in [4.69, 9.17) is 11.6 Å². The molecule has 3 fully saturated rings. The molecule has 2 unspecified atom stereocenters. The molecule has 0 saturated heterocycles. The maximum absolute atomic E-state index is 12.0. The molecule has 3 aliphatic rings. The lowest BCUT2D eigenvalue weighted by atomic mass is 10.0. The van der Waals surface area contributed by atoms with Crippen molar-refractivity contribution in [3.8, 4) is 0 Å². The predicted molar refractivity (Wildman–Crippen MR) is 59.8 cm³/mol. The fraction of sp³-hybridized carbons (Fsp3) is 0.917. The van der Waals surface area contributed by atoms with Crippen molar-refractivity contribution in [1.29, 1.82) is 0 Å². The summed E-state index contributed by atoms with van der Waals surface area (Å²) in [5, 5.41) is 3.16. The van der Waals surface area contributed by atoms with Crippen LogP contribution in [0.5, 0.6) is 0 Å². The number of nitrogens with one attached hydrogen (secondary N) is 1. The van der Waals surface area contributed by atoms with Gasteiger partial charge in [-0.25, -0.2) is 0 Å². The maximum Gasteiger partial charge on any atom is 0.224 e. The average Bonchev–Trinajstić information content (AvgIpc) is 3.11. The number of amides is 1. The Morgan fingerprint density at radius 2 is 1.87 bits per heavy atom. The van der Waals surface area contributed by atoms with E-state index in [-0.39, 0.29) is 5.54 Å². The van der Waals surface area contributed by atoms with Crippen molar-refractivity contribution in [3.05, 3.63) is 0 Å². The van der Waals surface area contributed by atoms with Gasteiger partial charge in [-0.1, -0.05) is 12.8 Å². The number of hydrogen-bond donors (Lipinski definition) is 1. The lowest BCUT2D eigenvalue weighted by Gasteiger charge is -2.13. The minimum absolute atomic E-state index is 0.00954. The first-order chi connectivity index (χ1) is 7.26. The van der Waals surface area contributed by atoms with Gasteiger partial charge < -0.3 is 5.32 Å². The number of alkyl halides is 1. The van der Waals surface area contributed by atoms with Crippen LogP contribution in [0.3, 0.4) is 0 Å². The van der Waals surface area contributed by atoms with E-state index in [2.05, 4.69) is 5.32 Å². The van der Waals surface area contributed by atoms with E-state index in [0.29, 0.717) is 29.5 Å². The zero-order valence-corrected chi connectivity index (χ0v) is 9.72. The molecule has 0 bridgehead atoms. The predicted octanol–water partition coefficient (Wildman–Crippen LogP) is 2.31. The molecule has 0 aromatic rings. The lowest BCUT2D eigenvalue weighted by molar-refractivity contribution is -0.123. The van der Waals surface area contributed by atoms with Crippen molar-refractivity contribution in [2.75, 3.05) is 5.88 Å². The highest BCUT2D eigenvalue weighted by Crippen LogP contribution is 2.55. The number of carbonyl (C=O) groups excluding carboxylic acids is 1. The van der Waals surface area contributed by atoms with Crippen LogP contribution in [0.2, 0.25) is 0 Å². The van der Waals surface area contributed by atoms with Crippen molar-refractivity contribution in [1.82, 2.24) is 5.32 Å². The van der Waals surface area contributed by atoms with Crippen molar-refractivity contribution in [3.63, 3.8) is 0 Å². The van der Waals surface area contributed by atoms with E-state index < -0.39 is 0 Å². The highest BCUT2D eigenvalue weighted by atomic mass is 35.5. The first-order valence-corrected chi connectivity index (χ1v) is 6.67. The number of carbonyl (C=O) groups is 1. The van der Waals surface area contributed by atoms with Gasteiger partial charge in [-0.3, -0.25) is 4.79 Å².